The molecule has 2 aromatic rings. The van der Waals surface area contributed by atoms with Gasteiger partial charge in [0, 0.05) is 79.9 Å². The molecule has 4 atom stereocenters. The van der Waals surface area contributed by atoms with E-state index in [4.69, 9.17) is 4.74 Å². The zero-order valence-corrected chi connectivity index (χ0v) is 16.8. The highest BCUT2D eigenvalue weighted by molar-refractivity contribution is 7.13. The summed E-state index contributed by atoms with van der Waals surface area (Å²) in [6, 6.07) is 4.32. The highest BCUT2D eigenvalue weighted by atomic mass is 32.1. The first-order valence-corrected chi connectivity index (χ1v) is 11.3. The maximum Gasteiger partial charge on any atom is 0.255 e. The van der Waals surface area contributed by atoms with Crippen LogP contribution in [0, 0.1) is 17.8 Å². The van der Waals surface area contributed by atoms with E-state index >= 15 is 0 Å². The highest BCUT2D eigenvalue weighted by Crippen LogP contribution is 2.37. The second kappa shape index (κ2) is 6.68. The average Bonchev–Trinajstić information content (AvgIpc) is 3.42. The Morgan fingerprint density at radius 3 is 2.75 bits per heavy atom. The van der Waals surface area contributed by atoms with Gasteiger partial charge >= 0.3 is 0 Å². The molecule has 2 aromatic heterocycles. The number of fused-ring (bicyclic) bond motifs is 5. The van der Waals surface area contributed by atoms with E-state index in [2.05, 4.69) is 31.5 Å². The van der Waals surface area contributed by atoms with Gasteiger partial charge in [0.25, 0.3) is 5.56 Å². The van der Waals surface area contributed by atoms with Gasteiger partial charge in [-0.1, -0.05) is 6.07 Å². The lowest BCUT2D eigenvalue weighted by Crippen LogP contribution is -2.47. The minimum absolute atomic E-state index is 0.239. The van der Waals surface area contributed by atoms with Crippen molar-refractivity contribution in [1.29, 1.82) is 0 Å². The van der Waals surface area contributed by atoms with Crippen molar-refractivity contribution < 1.29 is 4.74 Å². The number of thiazole rings is 1. The Bertz CT molecular complexity index is 915. The van der Waals surface area contributed by atoms with Crippen LogP contribution in [0.2, 0.25) is 0 Å². The molecule has 0 amide bonds. The van der Waals surface area contributed by atoms with Crippen LogP contribution in [0.25, 0.3) is 0 Å². The molecule has 0 saturated carbocycles. The smallest absolute Gasteiger partial charge is 0.255 e. The molecule has 6 heterocycles. The second-order valence-corrected chi connectivity index (χ2v) is 9.84. The molecule has 28 heavy (non-hydrogen) atoms. The monoisotopic (exact) mass is 398 g/mol. The van der Waals surface area contributed by atoms with Crippen LogP contribution in [0.15, 0.2) is 28.5 Å². The van der Waals surface area contributed by atoms with E-state index in [1.165, 1.54) is 12.1 Å². The van der Waals surface area contributed by atoms with E-state index in [-0.39, 0.29) is 5.56 Å². The van der Waals surface area contributed by atoms with Crippen LogP contribution in [-0.4, -0.2) is 53.8 Å². The zero-order valence-electron chi connectivity index (χ0n) is 16.0. The van der Waals surface area contributed by atoms with Crippen molar-refractivity contribution in [2.75, 3.05) is 44.3 Å². The molecule has 3 fully saturated rings. The lowest BCUT2D eigenvalue weighted by atomic mass is 9.83. The molecule has 3 saturated heterocycles. The fourth-order valence-corrected chi connectivity index (χ4v) is 6.46. The predicted molar refractivity (Wildman–Crippen MR) is 109 cm³/mol. The standard InChI is InChI=1S/C21H26N4O2S/c26-20-15(8-23-9-17-12-27-13-18(17)10-23)1-2-19-16-5-14(7-25(19)20)6-24(11-16)21-22-3-4-28-21/h1-4,14,16-18H,5-13H2/t14-,16+,17-,18+/m0/s1. The summed E-state index contributed by atoms with van der Waals surface area (Å²) >= 11 is 1.71. The number of pyridine rings is 1. The van der Waals surface area contributed by atoms with Crippen LogP contribution in [0.1, 0.15) is 23.6 Å². The minimum atomic E-state index is 0.239. The van der Waals surface area contributed by atoms with Gasteiger partial charge in [-0.25, -0.2) is 4.98 Å². The fourth-order valence-electron chi connectivity index (χ4n) is 5.79. The first kappa shape index (κ1) is 17.2. The Hall–Kier alpha value is -1.70. The number of ether oxygens (including phenoxy) is 1. The number of rotatable bonds is 3. The molecule has 0 aliphatic carbocycles. The van der Waals surface area contributed by atoms with Crippen LogP contribution >= 0.6 is 11.3 Å². The highest BCUT2D eigenvalue weighted by Gasteiger charge is 2.38. The van der Waals surface area contributed by atoms with E-state index in [0.29, 0.717) is 23.7 Å². The average molecular weight is 399 g/mol. The summed E-state index contributed by atoms with van der Waals surface area (Å²) in [5, 5.41) is 3.16. The summed E-state index contributed by atoms with van der Waals surface area (Å²) in [6.45, 7) is 7.53. The van der Waals surface area contributed by atoms with Gasteiger partial charge in [-0.15, -0.1) is 11.3 Å². The third kappa shape index (κ3) is 2.83. The molecule has 148 valence electrons. The summed E-state index contributed by atoms with van der Waals surface area (Å²) in [7, 11) is 0. The molecule has 0 aromatic carbocycles. The van der Waals surface area contributed by atoms with E-state index in [0.717, 1.165) is 63.2 Å². The lowest BCUT2D eigenvalue weighted by molar-refractivity contribution is 0.152. The Morgan fingerprint density at radius 1 is 1.11 bits per heavy atom. The number of hydrogen-bond acceptors (Lipinski definition) is 6. The summed E-state index contributed by atoms with van der Waals surface area (Å²) in [5.74, 6) is 2.29. The van der Waals surface area contributed by atoms with Gasteiger partial charge in [-0.3, -0.25) is 9.69 Å². The van der Waals surface area contributed by atoms with Crippen molar-refractivity contribution >= 4 is 16.5 Å². The molecule has 0 N–H and O–H groups in total. The quantitative estimate of drug-likeness (QED) is 0.792. The van der Waals surface area contributed by atoms with Gasteiger partial charge in [0.15, 0.2) is 5.13 Å². The largest absolute Gasteiger partial charge is 0.381 e. The molecule has 6 rings (SSSR count). The minimum Gasteiger partial charge on any atom is -0.381 e. The van der Waals surface area contributed by atoms with Crippen molar-refractivity contribution in [3.63, 3.8) is 0 Å². The van der Waals surface area contributed by atoms with Crippen molar-refractivity contribution in [3.05, 3.63) is 45.3 Å². The number of hydrogen-bond donors (Lipinski definition) is 0. The fraction of sp³-hybridized carbons (Fsp3) is 0.619. The van der Waals surface area contributed by atoms with Crippen LogP contribution in [-0.2, 0) is 17.8 Å². The summed E-state index contributed by atoms with van der Waals surface area (Å²) < 4.78 is 7.68. The van der Waals surface area contributed by atoms with Crippen molar-refractivity contribution in [2.45, 2.75) is 25.4 Å². The molecular weight excluding hydrogens is 372 g/mol. The zero-order chi connectivity index (χ0) is 18.7. The van der Waals surface area contributed by atoms with Crippen LogP contribution in [0.4, 0.5) is 5.13 Å². The number of aromatic nitrogens is 2. The molecule has 0 spiro atoms. The lowest BCUT2D eigenvalue weighted by Gasteiger charge is -2.42. The van der Waals surface area contributed by atoms with Gasteiger partial charge in [-0.2, -0.15) is 0 Å². The normalized spacial score (nSPS) is 31.8. The van der Waals surface area contributed by atoms with Gasteiger partial charge in [0.1, 0.15) is 0 Å². The van der Waals surface area contributed by atoms with E-state index in [1.807, 2.05) is 11.6 Å². The molecule has 7 heteroatoms. The van der Waals surface area contributed by atoms with Gasteiger partial charge in [-0.05, 0) is 18.4 Å². The van der Waals surface area contributed by atoms with E-state index < -0.39 is 0 Å². The molecule has 0 unspecified atom stereocenters. The van der Waals surface area contributed by atoms with Gasteiger partial charge in [0.05, 0.1) is 13.2 Å². The van der Waals surface area contributed by atoms with Crippen molar-refractivity contribution in [2.24, 2.45) is 17.8 Å². The number of anilines is 1. The Balaban J connectivity index is 1.24. The first-order valence-electron chi connectivity index (χ1n) is 10.4. The molecule has 4 aliphatic heterocycles. The van der Waals surface area contributed by atoms with Gasteiger partial charge in [0.2, 0.25) is 0 Å². The molecule has 6 nitrogen and oxygen atoms in total. The molecule has 2 bridgehead atoms. The van der Waals surface area contributed by atoms with Crippen LogP contribution in [0.3, 0.4) is 0 Å². The summed E-state index contributed by atoms with van der Waals surface area (Å²) in [5.41, 5.74) is 2.42. The predicted octanol–water partition coefficient (Wildman–Crippen LogP) is 2.01. The van der Waals surface area contributed by atoms with Gasteiger partial charge < -0.3 is 14.2 Å². The topological polar surface area (TPSA) is 50.6 Å². The summed E-state index contributed by atoms with van der Waals surface area (Å²) in [4.78, 5) is 22.6. The van der Waals surface area contributed by atoms with E-state index in [9.17, 15) is 4.79 Å². The number of piperidine rings is 1. The maximum absolute atomic E-state index is 13.3. The molecule has 4 aliphatic rings. The third-order valence-corrected chi connectivity index (χ3v) is 7.91. The Kier molecular flexibility index (Phi) is 4.10. The Labute approximate surface area is 168 Å². The molecular formula is C21H26N4O2S. The van der Waals surface area contributed by atoms with E-state index in [1.54, 1.807) is 11.3 Å². The maximum atomic E-state index is 13.3. The van der Waals surface area contributed by atoms with Crippen molar-refractivity contribution in [3.8, 4) is 0 Å². The SMILES string of the molecule is O=c1c(CN2C[C@H]3COC[C@H]3C2)ccc2n1C[C@H]1C[C@@H]2CN(c2nccs2)C1. The van der Waals surface area contributed by atoms with Crippen LogP contribution < -0.4 is 10.5 Å². The first-order chi connectivity index (χ1) is 13.7. The summed E-state index contributed by atoms with van der Waals surface area (Å²) in [6.07, 6.45) is 3.07. The second-order valence-electron chi connectivity index (χ2n) is 8.97. The van der Waals surface area contributed by atoms with Crippen LogP contribution in [0.5, 0.6) is 0 Å². The Morgan fingerprint density at radius 2 is 1.96 bits per heavy atom. The number of nitrogens with zero attached hydrogens (tertiary/aromatic N) is 4. The third-order valence-electron chi connectivity index (χ3n) is 7.08. The molecule has 0 radical (unpaired) electrons. The number of likely N-dealkylation sites (tertiary alicyclic amines) is 1. The van der Waals surface area contributed by atoms with Crippen molar-refractivity contribution in [1.82, 2.24) is 14.5 Å².